The first-order valence-corrected chi connectivity index (χ1v) is 8.60. The summed E-state index contributed by atoms with van der Waals surface area (Å²) < 4.78 is 0. The van der Waals surface area contributed by atoms with Gasteiger partial charge in [0.2, 0.25) is 0 Å². The molecule has 15 heavy (non-hydrogen) atoms. The molecular formula is C11H15N3Si. The predicted octanol–water partition coefficient (Wildman–Crippen LogP) is 2.85. The Morgan fingerprint density at radius 3 is 2.87 bits per heavy atom. The maximum atomic E-state index is 4.16. The standard InChI is InChI=1S/C11H15N3Si/c1-15(2,3)5-4-9-6-13-11-10(9)7-12-8-14-11/h4-8H,1-3H3,(H,12,13,14). The van der Waals surface area contributed by atoms with Gasteiger partial charge in [0.25, 0.3) is 0 Å². The average molecular weight is 217 g/mol. The minimum absolute atomic E-state index is 0.903. The molecule has 0 amide bonds. The second kappa shape index (κ2) is 3.62. The molecule has 4 heteroatoms. The van der Waals surface area contributed by atoms with Crippen LogP contribution in [0.25, 0.3) is 17.1 Å². The van der Waals surface area contributed by atoms with E-state index in [0.717, 1.165) is 11.0 Å². The molecule has 3 nitrogen and oxygen atoms in total. The van der Waals surface area contributed by atoms with Gasteiger partial charge in [0.05, 0.1) is 8.07 Å². The SMILES string of the molecule is C[Si](C)(C)C=Cc1c[nH]c2ncncc12. The van der Waals surface area contributed by atoms with Gasteiger partial charge in [0.15, 0.2) is 0 Å². The van der Waals surface area contributed by atoms with Crippen molar-refractivity contribution in [2.75, 3.05) is 0 Å². The number of hydrogen-bond acceptors (Lipinski definition) is 2. The molecule has 0 atom stereocenters. The Morgan fingerprint density at radius 1 is 1.33 bits per heavy atom. The summed E-state index contributed by atoms with van der Waals surface area (Å²) in [7, 11) is -1.14. The summed E-state index contributed by atoms with van der Waals surface area (Å²) in [5, 5.41) is 1.09. The average Bonchev–Trinajstić information content (AvgIpc) is 2.57. The van der Waals surface area contributed by atoms with Crippen molar-refractivity contribution in [3.05, 3.63) is 30.0 Å². The zero-order valence-corrected chi connectivity index (χ0v) is 10.3. The summed E-state index contributed by atoms with van der Waals surface area (Å²) in [4.78, 5) is 11.3. The number of hydrogen-bond donors (Lipinski definition) is 1. The molecule has 0 radical (unpaired) electrons. The van der Waals surface area contributed by atoms with Gasteiger partial charge in [-0.1, -0.05) is 31.4 Å². The van der Waals surface area contributed by atoms with Crippen LogP contribution in [0.2, 0.25) is 19.6 Å². The van der Waals surface area contributed by atoms with E-state index in [1.165, 1.54) is 5.56 Å². The number of H-pyrrole nitrogens is 1. The van der Waals surface area contributed by atoms with Gasteiger partial charge in [-0.3, -0.25) is 0 Å². The summed E-state index contributed by atoms with van der Waals surface area (Å²) >= 11 is 0. The van der Waals surface area contributed by atoms with E-state index in [1.807, 2.05) is 12.4 Å². The molecule has 2 heterocycles. The third kappa shape index (κ3) is 2.33. The Morgan fingerprint density at radius 2 is 2.13 bits per heavy atom. The molecule has 78 valence electrons. The highest BCUT2D eigenvalue weighted by atomic mass is 28.3. The fourth-order valence-electron chi connectivity index (χ4n) is 1.36. The molecule has 0 saturated carbocycles. The number of aromatic nitrogens is 3. The first kappa shape index (κ1) is 10.1. The van der Waals surface area contributed by atoms with Gasteiger partial charge in [0, 0.05) is 23.3 Å². The Balaban J connectivity index is 2.41. The highest BCUT2D eigenvalue weighted by Crippen LogP contribution is 2.17. The summed E-state index contributed by atoms with van der Waals surface area (Å²) in [5.74, 6) is 0. The van der Waals surface area contributed by atoms with E-state index in [-0.39, 0.29) is 0 Å². The van der Waals surface area contributed by atoms with E-state index in [0.29, 0.717) is 0 Å². The van der Waals surface area contributed by atoms with E-state index in [9.17, 15) is 0 Å². The van der Waals surface area contributed by atoms with Crippen LogP contribution in [-0.4, -0.2) is 23.0 Å². The number of nitrogens with zero attached hydrogens (tertiary/aromatic N) is 2. The van der Waals surface area contributed by atoms with Gasteiger partial charge in [-0.2, -0.15) is 0 Å². The highest BCUT2D eigenvalue weighted by molar-refractivity contribution is 6.81. The van der Waals surface area contributed by atoms with Gasteiger partial charge in [0.1, 0.15) is 12.0 Å². The quantitative estimate of drug-likeness (QED) is 0.786. The van der Waals surface area contributed by atoms with E-state index in [4.69, 9.17) is 0 Å². The Bertz CT molecular complexity index is 494. The van der Waals surface area contributed by atoms with Crippen molar-refractivity contribution < 1.29 is 0 Å². The van der Waals surface area contributed by atoms with Crippen LogP contribution in [0.15, 0.2) is 24.4 Å². The molecule has 0 aliphatic rings. The monoisotopic (exact) mass is 217 g/mol. The molecule has 0 fully saturated rings. The topological polar surface area (TPSA) is 41.6 Å². The van der Waals surface area contributed by atoms with Crippen molar-refractivity contribution in [1.29, 1.82) is 0 Å². The van der Waals surface area contributed by atoms with Gasteiger partial charge >= 0.3 is 0 Å². The molecule has 1 N–H and O–H groups in total. The smallest absolute Gasteiger partial charge is 0.141 e. The zero-order valence-electron chi connectivity index (χ0n) is 9.28. The summed E-state index contributed by atoms with van der Waals surface area (Å²) in [6.45, 7) is 6.94. The molecule has 2 aromatic heterocycles. The molecule has 2 aromatic rings. The zero-order chi connectivity index (χ0) is 10.9. The molecule has 0 aliphatic heterocycles. The lowest BCUT2D eigenvalue weighted by Gasteiger charge is -2.07. The van der Waals surface area contributed by atoms with E-state index >= 15 is 0 Å². The van der Waals surface area contributed by atoms with E-state index in [1.54, 1.807) is 6.33 Å². The van der Waals surface area contributed by atoms with Crippen LogP contribution in [0, 0.1) is 0 Å². The molecule has 0 bridgehead atoms. The van der Waals surface area contributed by atoms with Crippen LogP contribution < -0.4 is 0 Å². The van der Waals surface area contributed by atoms with Crippen LogP contribution >= 0.6 is 0 Å². The van der Waals surface area contributed by atoms with Crippen molar-refractivity contribution >= 4 is 25.2 Å². The number of aromatic amines is 1. The number of nitrogens with one attached hydrogen (secondary N) is 1. The fourth-order valence-corrected chi connectivity index (χ4v) is 2.04. The van der Waals surface area contributed by atoms with Crippen molar-refractivity contribution in [3.63, 3.8) is 0 Å². The van der Waals surface area contributed by atoms with Gasteiger partial charge in [-0.15, -0.1) is 0 Å². The molecule has 0 aliphatic carbocycles. The Labute approximate surface area is 90.3 Å². The van der Waals surface area contributed by atoms with E-state index < -0.39 is 8.07 Å². The van der Waals surface area contributed by atoms with Crippen LogP contribution in [0.3, 0.4) is 0 Å². The fraction of sp³-hybridized carbons (Fsp3) is 0.273. The molecule has 0 aromatic carbocycles. The molecule has 0 saturated heterocycles. The Kier molecular flexibility index (Phi) is 2.44. The first-order valence-electron chi connectivity index (χ1n) is 5.02. The normalized spacial score (nSPS) is 12.7. The molecule has 0 unspecified atom stereocenters. The number of fused-ring (bicyclic) bond motifs is 1. The lowest BCUT2D eigenvalue weighted by atomic mass is 10.2. The predicted molar refractivity (Wildman–Crippen MR) is 66.3 cm³/mol. The highest BCUT2D eigenvalue weighted by Gasteiger charge is 2.08. The largest absolute Gasteiger partial charge is 0.345 e. The lowest BCUT2D eigenvalue weighted by molar-refractivity contribution is 1.20. The third-order valence-electron chi connectivity index (χ3n) is 2.15. The molecule has 0 spiro atoms. The summed E-state index contributed by atoms with van der Waals surface area (Å²) in [6.07, 6.45) is 7.57. The van der Waals surface area contributed by atoms with Gasteiger partial charge in [-0.25, -0.2) is 9.97 Å². The maximum absolute atomic E-state index is 4.16. The van der Waals surface area contributed by atoms with Crippen molar-refractivity contribution in [3.8, 4) is 0 Å². The molecule has 2 rings (SSSR count). The number of rotatable bonds is 2. The van der Waals surface area contributed by atoms with Crippen LogP contribution in [-0.2, 0) is 0 Å². The first-order chi connectivity index (χ1) is 7.06. The van der Waals surface area contributed by atoms with Crippen LogP contribution in [0.5, 0.6) is 0 Å². The second-order valence-electron chi connectivity index (χ2n) is 4.73. The summed E-state index contributed by atoms with van der Waals surface area (Å²) in [5.41, 5.74) is 4.40. The van der Waals surface area contributed by atoms with Crippen molar-refractivity contribution in [2.24, 2.45) is 0 Å². The van der Waals surface area contributed by atoms with Gasteiger partial charge in [-0.05, 0) is 0 Å². The Hall–Kier alpha value is -1.42. The van der Waals surface area contributed by atoms with Crippen LogP contribution in [0.1, 0.15) is 5.56 Å². The minimum atomic E-state index is -1.14. The van der Waals surface area contributed by atoms with Gasteiger partial charge < -0.3 is 4.98 Å². The second-order valence-corrected chi connectivity index (χ2v) is 9.79. The van der Waals surface area contributed by atoms with Crippen molar-refractivity contribution in [2.45, 2.75) is 19.6 Å². The van der Waals surface area contributed by atoms with Crippen molar-refractivity contribution in [1.82, 2.24) is 15.0 Å². The third-order valence-corrected chi connectivity index (χ3v) is 3.32. The maximum Gasteiger partial charge on any atom is 0.141 e. The van der Waals surface area contributed by atoms with Crippen LogP contribution in [0.4, 0.5) is 0 Å². The lowest BCUT2D eigenvalue weighted by Crippen LogP contribution is -2.14. The molecular weight excluding hydrogens is 202 g/mol. The summed E-state index contributed by atoms with van der Waals surface area (Å²) in [6, 6.07) is 0. The van der Waals surface area contributed by atoms with E-state index in [2.05, 4.69) is 46.4 Å². The minimum Gasteiger partial charge on any atom is -0.345 e.